The van der Waals surface area contributed by atoms with E-state index in [0.717, 1.165) is 0 Å². The lowest BCUT2D eigenvalue weighted by atomic mass is 10.7. The molecular formula is C3H4N3O2+. The summed E-state index contributed by atoms with van der Waals surface area (Å²) in [5, 5.41) is 1.93. The number of rotatable bonds is 0. The first-order valence-electron chi connectivity index (χ1n) is 2.03. The van der Waals surface area contributed by atoms with Gasteiger partial charge in [-0.1, -0.05) is 4.70 Å². The molecule has 1 heterocycles. The largest absolute Gasteiger partial charge is 0.519 e. The van der Waals surface area contributed by atoms with Crippen LogP contribution in [0.2, 0.25) is 0 Å². The Balaban J connectivity index is 2.79. The highest BCUT2D eigenvalue weighted by Crippen LogP contribution is 1.85. The van der Waals surface area contributed by atoms with Gasteiger partial charge >= 0.3 is 11.9 Å². The van der Waals surface area contributed by atoms with Crippen molar-refractivity contribution in [1.82, 2.24) is 5.32 Å². The van der Waals surface area contributed by atoms with E-state index in [1.807, 2.05) is 5.32 Å². The van der Waals surface area contributed by atoms with Crippen molar-refractivity contribution in [3.05, 3.63) is 0 Å². The molecule has 8 heavy (non-hydrogen) atoms. The van der Waals surface area contributed by atoms with Crippen LogP contribution in [0, 0.1) is 5.53 Å². The van der Waals surface area contributed by atoms with E-state index >= 15 is 0 Å². The lowest BCUT2D eigenvalue weighted by molar-refractivity contribution is -0.500. The van der Waals surface area contributed by atoms with Gasteiger partial charge in [0.2, 0.25) is 6.54 Å². The molecule has 0 aromatic heterocycles. The maximum absolute atomic E-state index is 10.2. The number of imide groups is 1. The van der Waals surface area contributed by atoms with Crippen LogP contribution >= 0.6 is 0 Å². The second-order valence-electron chi connectivity index (χ2n) is 1.44. The number of carbonyl (C=O) groups is 2. The van der Waals surface area contributed by atoms with Crippen molar-refractivity contribution in [3.63, 3.8) is 0 Å². The molecule has 0 bridgehead atoms. The summed E-state index contributed by atoms with van der Waals surface area (Å²) < 4.78 is 0.572. The van der Waals surface area contributed by atoms with Crippen LogP contribution in [0.15, 0.2) is 0 Å². The van der Waals surface area contributed by atoms with Crippen molar-refractivity contribution in [1.29, 1.82) is 5.53 Å². The van der Waals surface area contributed by atoms with Crippen molar-refractivity contribution in [2.45, 2.75) is 0 Å². The highest BCUT2D eigenvalue weighted by Gasteiger charge is 2.32. The highest BCUT2D eigenvalue weighted by atomic mass is 16.2. The lowest BCUT2D eigenvalue weighted by Crippen LogP contribution is -2.20. The first-order valence-corrected chi connectivity index (χ1v) is 2.03. The Labute approximate surface area is 44.8 Å². The number of nitrogens with zero attached hydrogens (tertiary/aromatic N) is 1. The second kappa shape index (κ2) is 1.36. The van der Waals surface area contributed by atoms with Crippen molar-refractivity contribution in [2.24, 2.45) is 0 Å². The Kier molecular flexibility index (Phi) is 0.831. The maximum atomic E-state index is 10.2. The molecule has 0 saturated carbocycles. The van der Waals surface area contributed by atoms with E-state index in [-0.39, 0.29) is 6.54 Å². The third-order valence-corrected chi connectivity index (χ3v) is 0.793. The molecule has 0 aromatic rings. The fourth-order valence-corrected chi connectivity index (χ4v) is 0.442. The molecule has 0 aliphatic carbocycles. The van der Waals surface area contributed by atoms with Crippen molar-refractivity contribution >= 4 is 11.9 Å². The first-order chi connectivity index (χ1) is 3.70. The summed E-state index contributed by atoms with van der Waals surface area (Å²) in [6, 6.07) is -0.644. The monoisotopic (exact) mass is 114 g/mol. The van der Waals surface area contributed by atoms with Crippen molar-refractivity contribution in [2.75, 3.05) is 6.54 Å². The molecule has 1 rings (SSSR count). The molecular weight excluding hydrogens is 110 g/mol. The van der Waals surface area contributed by atoms with Gasteiger partial charge in [0.1, 0.15) is 0 Å². The molecule has 0 unspecified atom stereocenters. The summed E-state index contributed by atoms with van der Waals surface area (Å²) >= 11 is 0. The van der Waals surface area contributed by atoms with Gasteiger partial charge in [-0.25, -0.2) is 4.79 Å². The normalized spacial score (nSPS) is 19.2. The van der Waals surface area contributed by atoms with Crippen LogP contribution < -0.4 is 5.32 Å². The van der Waals surface area contributed by atoms with Gasteiger partial charge in [-0.05, 0) is 0 Å². The molecule has 0 spiro atoms. The van der Waals surface area contributed by atoms with E-state index in [2.05, 4.69) is 0 Å². The molecule has 2 N–H and O–H groups in total. The summed E-state index contributed by atoms with van der Waals surface area (Å²) in [6.45, 7) is -0.140. The van der Waals surface area contributed by atoms with Gasteiger partial charge in [0.05, 0.1) is 0 Å². The summed E-state index contributed by atoms with van der Waals surface area (Å²) in [5.41, 5.74) is 6.67. The Morgan fingerprint density at radius 3 is 2.38 bits per heavy atom. The third-order valence-electron chi connectivity index (χ3n) is 0.793. The molecule has 0 atom stereocenters. The van der Waals surface area contributed by atoms with Gasteiger partial charge in [-0.2, -0.15) is 10.1 Å². The number of hydrogen-bond acceptors (Lipinski definition) is 3. The topological polar surface area (TPSA) is 73.0 Å². The van der Waals surface area contributed by atoms with Gasteiger partial charge in [0.25, 0.3) is 0 Å². The van der Waals surface area contributed by atoms with Crippen LogP contribution in [-0.4, -0.2) is 23.2 Å². The second-order valence-corrected chi connectivity index (χ2v) is 1.44. The van der Waals surface area contributed by atoms with E-state index < -0.39 is 11.9 Å². The summed E-state index contributed by atoms with van der Waals surface area (Å²) in [4.78, 5) is 20.4. The SMILES string of the molecule is N=[N+]1CC(=O)NC1=O. The average molecular weight is 114 g/mol. The average Bonchev–Trinajstić information content (AvgIpc) is 1.85. The molecule has 1 saturated heterocycles. The van der Waals surface area contributed by atoms with E-state index in [1.165, 1.54) is 0 Å². The summed E-state index contributed by atoms with van der Waals surface area (Å²) in [7, 11) is 0. The Morgan fingerprint density at radius 1 is 1.62 bits per heavy atom. The number of hydrogen-bond donors (Lipinski definition) is 2. The number of amides is 3. The minimum absolute atomic E-state index is 0.140. The van der Waals surface area contributed by atoms with E-state index in [4.69, 9.17) is 5.53 Å². The van der Waals surface area contributed by atoms with Gasteiger partial charge in [-0.15, -0.1) is 5.53 Å². The minimum Gasteiger partial charge on any atom is -0.242 e. The first kappa shape index (κ1) is 4.89. The van der Waals surface area contributed by atoms with Crippen LogP contribution in [0.4, 0.5) is 4.79 Å². The van der Waals surface area contributed by atoms with Gasteiger partial charge in [0, 0.05) is 0 Å². The third kappa shape index (κ3) is 0.575. The summed E-state index contributed by atoms with van der Waals surface area (Å²) in [5.74, 6) is -0.412. The van der Waals surface area contributed by atoms with Crippen LogP contribution in [0.5, 0.6) is 0 Å². The molecule has 42 valence electrons. The highest BCUT2D eigenvalue weighted by molar-refractivity contribution is 5.95. The minimum atomic E-state index is -0.644. The fourth-order valence-electron chi connectivity index (χ4n) is 0.442. The predicted molar refractivity (Wildman–Crippen MR) is 21.4 cm³/mol. The Morgan fingerprint density at radius 2 is 2.25 bits per heavy atom. The van der Waals surface area contributed by atoms with Crippen LogP contribution in [0.3, 0.4) is 0 Å². The van der Waals surface area contributed by atoms with Crippen LogP contribution in [0.1, 0.15) is 0 Å². The van der Waals surface area contributed by atoms with Crippen LogP contribution in [-0.2, 0) is 4.79 Å². The van der Waals surface area contributed by atoms with Gasteiger partial charge < -0.3 is 0 Å². The smallest absolute Gasteiger partial charge is 0.242 e. The molecule has 0 radical (unpaired) electrons. The molecule has 0 aromatic carbocycles. The zero-order valence-electron chi connectivity index (χ0n) is 3.97. The van der Waals surface area contributed by atoms with E-state index in [9.17, 15) is 9.59 Å². The molecule has 5 heteroatoms. The number of carbonyl (C=O) groups excluding carboxylic acids is 2. The Hall–Kier alpha value is -1.26. The summed E-state index contributed by atoms with van der Waals surface area (Å²) in [6.07, 6.45) is 0. The van der Waals surface area contributed by atoms with Crippen molar-refractivity contribution in [3.8, 4) is 0 Å². The van der Waals surface area contributed by atoms with E-state index in [1.54, 1.807) is 0 Å². The standard InChI is InChI=1S/C3H3N3O2/c4-6-1-2(7)5-3(6)8/h4H,1H2/p+1. The molecule has 1 fully saturated rings. The lowest BCUT2D eigenvalue weighted by Gasteiger charge is -1.72. The zero-order chi connectivity index (χ0) is 6.15. The zero-order valence-corrected chi connectivity index (χ0v) is 3.97. The predicted octanol–water partition coefficient (Wildman–Crippen LogP) is -0.720. The fraction of sp³-hybridized carbons (Fsp3) is 0.333. The van der Waals surface area contributed by atoms with E-state index in [0.29, 0.717) is 4.70 Å². The van der Waals surface area contributed by atoms with Crippen LogP contribution in [0.25, 0.3) is 0 Å². The molecule has 5 nitrogen and oxygen atoms in total. The van der Waals surface area contributed by atoms with Gasteiger partial charge in [-0.3, -0.25) is 0 Å². The number of urea groups is 1. The number of nitrogens with one attached hydrogen (secondary N) is 2. The van der Waals surface area contributed by atoms with Gasteiger partial charge in [0.15, 0.2) is 0 Å². The molecule has 1 aliphatic rings. The van der Waals surface area contributed by atoms with Crippen molar-refractivity contribution < 1.29 is 14.3 Å². The Bertz CT molecular complexity index is 155. The molecule has 3 amide bonds. The quantitative estimate of drug-likeness (QED) is 0.322. The molecule has 1 aliphatic heterocycles. The maximum Gasteiger partial charge on any atom is 0.519 e.